The number of hydroxylamine groups is 1. The van der Waals surface area contributed by atoms with E-state index in [0.29, 0.717) is 29.5 Å². The van der Waals surface area contributed by atoms with Crippen molar-refractivity contribution in [1.29, 1.82) is 0 Å². The molecule has 8 heteroatoms. The normalized spacial score (nSPS) is 10.6. The Balaban J connectivity index is 1.87. The van der Waals surface area contributed by atoms with E-state index in [1.54, 1.807) is 28.2 Å². The predicted octanol–water partition coefficient (Wildman–Crippen LogP) is 1.32. The maximum Gasteiger partial charge on any atom is 0.262 e. The standard InChI is InChI=1S/C17H18N4O4/c22-10-13-16(18-9-15(23)20-24)21-8-4-7-14(17(21)19-13)25-11-12-5-2-1-3-6-12/h1-8,18,22,24H,9-11H2,(H,20,23). The van der Waals surface area contributed by atoms with Crippen molar-refractivity contribution in [3.63, 3.8) is 0 Å². The van der Waals surface area contributed by atoms with E-state index < -0.39 is 5.91 Å². The minimum Gasteiger partial charge on any atom is -0.485 e. The van der Waals surface area contributed by atoms with Crippen molar-refractivity contribution in [1.82, 2.24) is 14.9 Å². The number of carbonyl (C=O) groups is 1. The van der Waals surface area contributed by atoms with Crippen molar-refractivity contribution in [2.24, 2.45) is 0 Å². The number of hydrogen-bond acceptors (Lipinski definition) is 6. The molecule has 0 atom stereocenters. The van der Waals surface area contributed by atoms with Crippen LogP contribution in [0.2, 0.25) is 0 Å². The summed E-state index contributed by atoms with van der Waals surface area (Å²) in [6, 6.07) is 13.3. The van der Waals surface area contributed by atoms with Crippen LogP contribution in [0.15, 0.2) is 48.7 Å². The highest BCUT2D eigenvalue weighted by atomic mass is 16.5. The van der Waals surface area contributed by atoms with Gasteiger partial charge in [0.25, 0.3) is 5.91 Å². The molecule has 4 N–H and O–H groups in total. The van der Waals surface area contributed by atoms with Crippen LogP contribution in [0.4, 0.5) is 5.82 Å². The lowest BCUT2D eigenvalue weighted by molar-refractivity contribution is -0.127. The number of amides is 1. The minimum absolute atomic E-state index is 0.160. The first-order valence-electron chi connectivity index (χ1n) is 7.67. The van der Waals surface area contributed by atoms with Crippen LogP contribution in [0.1, 0.15) is 11.3 Å². The first-order chi connectivity index (χ1) is 12.2. The van der Waals surface area contributed by atoms with Gasteiger partial charge < -0.3 is 15.2 Å². The van der Waals surface area contributed by atoms with E-state index in [1.165, 1.54) is 0 Å². The summed E-state index contributed by atoms with van der Waals surface area (Å²) in [4.78, 5) is 15.6. The molecule has 0 saturated carbocycles. The number of aliphatic hydroxyl groups excluding tert-OH is 1. The number of pyridine rings is 1. The molecular weight excluding hydrogens is 324 g/mol. The molecule has 1 aromatic carbocycles. The van der Waals surface area contributed by atoms with Crippen molar-refractivity contribution in [3.05, 3.63) is 59.9 Å². The van der Waals surface area contributed by atoms with Gasteiger partial charge in [0.1, 0.15) is 18.1 Å². The Morgan fingerprint density at radius 2 is 2.00 bits per heavy atom. The lowest BCUT2D eigenvalue weighted by Gasteiger charge is -2.09. The topological polar surface area (TPSA) is 108 Å². The number of aromatic nitrogens is 2. The van der Waals surface area contributed by atoms with Crippen LogP contribution >= 0.6 is 0 Å². The number of rotatable bonds is 7. The maximum absolute atomic E-state index is 11.2. The quantitative estimate of drug-likeness (QED) is 0.381. The molecule has 130 valence electrons. The van der Waals surface area contributed by atoms with Gasteiger partial charge in [-0.1, -0.05) is 30.3 Å². The highest BCUT2D eigenvalue weighted by Crippen LogP contribution is 2.26. The summed E-state index contributed by atoms with van der Waals surface area (Å²) >= 11 is 0. The van der Waals surface area contributed by atoms with Crippen molar-refractivity contribution in [2.75, 3.05) is 11.9 Å². The molecule has 0 radical (unpaired) electrons. The molecule has 0 aliphatic rings. The molecule has 2 aromatic heterocycles. The summed E-state index contributed by atoms with van der Waals surface area (Å²) < 4.78 is 7.54. The highest BCUT2D eigenvalue weighted by molar-refractivity contribution is 5.79. The molecule has 0 aliphatic carbocycles. The van der Waals surface area contributed by atoms with Crippen LogP contribution < -0.4 is 15.5 Å². The number of anilines is 1. The number of ether oxygens (including phenoxy) is 1. The van der Waals surface area contributed by atoms with E-state index in [4.69, 9.17) is 9.94 Å². The molecule has 3 rings (SSSR count). The lowest BCUT2D eigenvalue weighted by Crippen LogP contribution is -2.27. The number of nitrogens with one attached hydrogen (secondary N) is 2. The van der Waals surface area contributed by atoms with Gasteiger partial charge in [0.15, 0.2) is 11.4 Å². The summed E-state index contributed by atoms with van der Waals surface area (Å²) in [6.45, 7) is -0.0766. The Morgan fingerprint density at radius 3 is 2.72 bits per heavy atom. The molecule has 3 aromatic rings. The van der Waals surface area contributed by atoms with Gasteiger partial charge >= 0.3 is 0 Å². The van der Waals surface area contributed by atoms with Gasteiger partial charge in [-0.25, -0.2) is 10.5 Å². The molecule has 0 spiro atoms. The van der Waals surface area contributed by atoms with Crippen molar-refractivity contribution < 1.29 is 19.8 Å². The third-order valence-electron chi connectivity index (χ3n) is 3.61. The smallest absolute Gasteiger partial charge is 0.262 e. The van der Waals surface area contributed by atoms with Crippen molar-refractivity contribution in [2.45, 2.75) is 13.2 Å². The SMILES string of the molecule is O=C(CNc1c(CO)nc2c(OCc3ccccc3)cccn12)NO. The Kier molecular flexibility index (Phi) is 5.12. The van der Waals surface area contributed by atoms with E-state index in [-0.39, 0.29) is 13.2 Å². The average molecular weight is 342 g/mol. The van der Waals surface area contributed by atoms with Crippen LogP contribution in [0, 0.1) is 0 Å². The van der Waals surface area contributed by atoms with Crippen LogP contribution in [0.5, 0.6) is 5.75 Å². The number of aliphatic hydroxyl groups is 1. The Morgan fingerprint density at radius 1 is 1.20 bits per heavy atom. The highest BCUT2D eigenvalue weighted by Gasteiger charge is 2.15. The molecule has 0 saturated heterocycles. The number of nitrogens with zero attached hydrogens (tertiary/aromatic N) is 2. The maximum atomic E-state index is 11.2. The summed E-state index contributed by atoms with van der Waals surface area (Å²) in [5.41, 5.74) is 3.47. The largest absolute Gasteiger partial charge is 0.485 e. The monoisotopic (exact) mass is 342 g/mol. The van der Waals surface area contributed by atoms with Gasteiger partial charge in [-0.05, 0) is 17.7 Å². The number of benzene rings is 1. The fourth-order valence-corrected chi connectivity index (χ4v) is 2.44. The molecule has 8 nitrogen and oxygen atoms in total. The van der Waals surface area contributed by atoms with E-state index in [1.807, 2.05) is 30.3 Å². The van der Waals surface area contributed by atoms with Crippen LogP contribution in [-0.4, -0.2) is 32.2 Å². The molecule has 0 aliphatic heterocycles. The second-order valence-electron chi connectivity index (χ2n) is 5.29. The van der Waals surface area contributed by atoms with Crippen LogP contribution in [0.25, 0.3) is 5.65 Å². The Labute approximate surface area is 143 Å². The second-order valence-corrected chi connectivity index (χ2v) is 5.29. The molecule has 1 amide bonds. The van der Waals surface area contributed by atoms with Gasteiger partial charge in [0.2, 0.25) is 0 Å². The molecular formula is C17H18N4O4. The zero-order chi connectivity index (χ0) is 17.6. The number of imidazole rings is 1. The number of hydrogen-bond donors (Lipinski definition) is 4. The molecule has 25 heavy (non-hydrogen) atoms. The van der Waals surface area contributed by atoms with E-state index in [2.05, 4.69) is 10.3 Å². The molecule has 0 fully saturated rings. The molecule has 2 heterocycles. The third kappa shape index (κ3) is 3.70. The van der Waals surface area contributed by atoms with Crippen LogP contribution in [0.3, 0.4) is 0 Å². The first-order valence-corrected chi connectivity index (χ1v) is 7.67. The van der Waals surface area contributed by atoms with E-state index >= 15 is 0 Å². The molecule has 0 unspecified atom stereocenters. The van der Waals surface area contributed by atoms with Gasteiger partial charge in [-0.2, -0.15) is 0 Å². The third-order valence-corrected chi connectivity index (χ3v) is 3.61. The van der Waals surface area contributed by atoms with Gasteiger partial charge in [-0.3, -0.25) is 14.4 Å². The van der Waals surface area contributed by atoms with Crippen molar-refractivity contribution >= 4 is 17.4 Å². The second kappa shape index (κ2) is 7.65. The summed E-state index contributed by atoms with van der Waals surface area (Å²) in [5, 5.41) is 21.0. The fraction of sp³-hybridized carbons (Fsp3) is 0.176. The molecule has 0 bridgehead atoms. The average Bonchev–Trinajstić information content (AvgIpc) is 3.03. The predicted molar refractivity (Wildman–Crippen MR) is 90.3 cm³/mol. The van der Waals surface area contributed by atoms with Crippen LogP contribution in [-0.2, 0) is 18.0 Å². The Hall–Kier alpha value is -3.10. The van der Waals surface area contributed by atoms with E-state index in [0.717, 1.165) is 5.56 Å². The number of carbonyl (C=O) groups excluding carboxylic acids is 1. The Bertz CT molecular complexity index is 864. The van der Waals surface area contributed by atoms with Crippen molar-refractivity contribution in [3.8, 4) is 5.75 Å². The summed E-state index contributed by atoms with van der Waals surface area (Å²) in [6.07, 6.45) is 1.75. The number of fused-ring (bicyclic) bond motifs is 1. The summed E-state index contributed by atoms with van der Waals surface area (Å²) in [7, 11) is 0. The zero-order valence-corrected chi connectivity index (χ0v) is 13.3. The van der Waals surface area contributed by atoms with Gasteiger partial charge in [0, 0.05) is 6.20 Å². The minimum atomic E-state index is -0.602. The first kappa shape index (κ1) is 16.7. The zero-order valence-electron chi connectivity index (χ0n) is 13.3. The fourth-order valence-electron chi connectivity index (χ4n) is 2.44. The summed E-state index contributed by atoms with van der Waals surface area (Å²) in [5.74, 6) is 0.419. The van der Waals surface area contributed by atoms with Gasteiger partial charge in [-0.15, -0.1) is 0 Å². The lowest BCUT2D eigenvalue weighted by atomic mass is 10.2. The van der Waals surface area contributed by atoms with Gasteiger partial charge in [0.05, 0.1) is 13.2 Å². The van der Waals surface area contributed by atoms with E-state index in [9.17, 15) is 9.90 Å².